The summed E-state index contributed by atoms with van der Waals surface area (Å²) in [6.45, 7) is 0.164. The predicted octanol–water partition coefficient (Wildman–Crippen LogP) is 3.17. The molecule has 17 heavy (non-hydrogen) atoms. The molecule has 0 saturated carbocycles. The maximum Gasteiger partial charge on any atom is 0.393 e. The van der Waals surface area contributed by atoms with Gasteiger partial charge in [0.05, 0.1) is 11.6 Å². The second kappa shape index (κ2) is 4.49. The Morgan fingerprint density at radius 1 is 1.29 bits per heavy atom. The van der Waals surface area contributed by atoms with Gasteiger partial charge in [-0.3, -0.25) is 0 Å². The van der Waals surface area contributed by atoms with E-state index in [1.165, 1.54) is 11.0 Å². The second-order valence-corrected chi connectivity index (χ2v) is 4.56. The van der Waals surface area contributed by atoms with Crippen LogP contribution in [0.2, 0.25) is 10.3 Å². The molecule has 2 heterocycles. The third-order valence-corrected chi connectivity index (χ3v) is 3.15. The first-order valence-corrected chi connectivity index (χ1v) is 5.64. The van der Waals surface area contributed by atoms with Crippen LogP contribution in [0.5, 0.6) is 0 Å². The van der Waals surface area contributed by atoms with Gasteiger partial charge in [-0.1, -0.05) is 23.2 Å². The lowest BCUT2D eigenvalue weighted by atomic mass is 10.1. The highest BCUT2D eigenvalue weighted by atomic mass is 35.5. The quantitative estimate of drug-likeness (QED) is 0.794. The molecule has 0 N–H and O–H groups in total. The second-order valence-electron chi connectivity index (χ2n) is 3.82. The maximum atomic E-state index is 12.5. The normalized spacial score (nSPS) is 21.0. The zero-order chi connectivity index (χ0) is 12.6. The van der Waals surface area contributed by atoms with E-state index in [9.17, 15) is 13.2 Å². The highest BCUT2D eigenvalue weighted by Gasteiger charge is 2.44. The van der Waals surface area contributed by atoms with Crippen LogP contribution in [-0.2, 0) is 0 Å². The van der Waals surface area contributed by atoms with Crippen molar-refractivity contribution in [3.8, 4) is 0 Å². The van der Waals surface area contributed by atoms with Crippen molar-refractivity contribution in [2.24, 2.45) is 5.92 Å². The molecule has 0 bridgehead atoms. The Morgan fingerprint density at radius 3 is 2.59 bits per heavy atom. The fraction of sp³-hybridized carbons (Fsp3) is 0.556. The molecular weight excluding hydrogens is 278 g/mol. The van der Waals surface area contributed by atoms with Crippen LogP contribution in [0.1, 0.15) is 6.42 Å². The smallest absolute Gasteiger partial charge is 0.368 e. The van der Waals surface area contributed by atoms with Crippen molar-refractivity contribution in [3.05, 3.63) is 16.4 Å². The first kappa shape index (κ1) is 12.7. The van der Waals surface area contributed by atoms with E-state index in [2.05, 4.69) is 10.2 Å². The summed E-state index contributed by atoms with van der Waals surface area (Å²) in [6.07, 6.45) is -4.12. The number of nitrogens with zero attached hydrogens (tertiary/aromatic N) is 3. The lowest BCUT2D eigenvalue weighted by Crippen LogP contribution is -2.27. The maximum absolute atomic E-state index is 12.5. The number of halogens is 5. The SMILES string of the molecule is FC(F)(F)C1CCN(c2cc(Cl)nnc2Cl)C1. The van der Waals surface area contributed by atoms with Crippen LogP contribution in [0.4, 0.5) is 18.9 Å². The summed E-state index contributed by atoms with van der Waals surface area (Å²) in [6, 6.07) is 1.43. The van der Waals surface area contributed by atoms with Gasteiger partial charge in [-0.25, -0.2) is 0 Å². The van der Waals surface area contributed by atoms with Gasteiger partial charge < -0.3 is 4.90 Å². The van der Waals surface area contributed by atoms with Crippen LogP contribution in [-0.4, -0.2) is 29.5 Å². The van der Waals surface area contributed by atoms with Crippen molar-refractivity contribution < 1.29 is 13.2 Å². The van der Waals surface area contributed by atoms with Crippen LogP contribution in [0.3, 0.4) is 0 Å². The first-order chi connectivity index (χ1) is 7.88. The van der Waals surface area contributed by atoms with E-state index in [1.807, 2.05) is 0 Å². The Bertz CT molecular complexity index is 424. The summed E-state index contributed by atoms with van der Waals surface area (Å²) in [5.74, 6) is -1.33. The molecule has 1 aliphatic heterocycles. The first-order valence-electron chi connectivity index (χ1n) is 4.88. The number of hydrogen-bond donors (Lipinski definition) is 0. The summed E-state index contributed by atoms with van der Waals surface area (Å²) in [5.41, 5.74) is 0.401. The predicted molar refractivity (Wildman–Crippen MR) is 58.4 cm³/mol. The molecule has 0 amide bonds. The van der Waals surface area contributed by atoms with E-state index >= 15 is 0 Å². The summed E-state index contributed by atoms with van der Waals surface area (Å²) in [7, 11) is 0. The molecule has 1 aromatic rings. The van der Waals surface area contributed by atoms with Crippen molar-refractivity contribution in [2.75, 3.05) is 18.0 Å². The molecule has 1 unspecified atom stereocenters. The fourth-order valence-corrected chi connectivity index (χ4v) is 2.17. The number of aromatic nitrogens is 2. The van der Waals surface area contributed by atoms with Crippen LogP contribution in [0, 0.1) is 5.92 Å². The van der Waals surface area contributed by atoms with Gasteiger partial charge in [-0.05, 0) is 6.42 Å². The lowest BCUT2D eigenvalue weighted by Gasteiger charge is -2.20. The van der Waals surface area contributed by atoms with Gasteiger partial charge in [-0.15, -0.1) is 10.2 Å². The number of alkyl halides is 3. The van der Waals surface area contributed by atoms with Crippen molar-refractivity contribution >= 4 is 28.9 Å². The van der Waals surface area contributed by atoms with E-state index in [-0.39, 0.29) is 29.8 Å². The Labute approximate surface area is 106 Å². The van der Waals surface area contributed by atoms with Gasteiger partial charge in [0.25, 0.3) is 0 Å². The summed E-state index contributed by atoms with van der Waals surface area (Å²) in [4.78, 5) is 1.53. The molecule has 94 valence electrons. The van der Waals surface area contributed by atoms with Gasteiger partial charge in [0, 0.05) is 19.2 Å². The fourth-order valence-electron chi connectivity index (χ4n) is 1.81. The monoisotopic (exact) mass is 285 g/mol. The van der Waals surface area contributed by atoms with Crippen molar-refractivity contribution in [1.29, 1.82) is 0 Å². The van der Waals surface area contributed by atoms with Gasteiger partial charge in [0.1, 0.15) is 0 Å². The van der Waals surface area contributed by atoms with E-state index < -0.39 is 12.1 Å². The van der Waals surface area contributed by atoms with E-state index in [0.29, 0.717) is 5.69 Å². The van der Waals surface area contributed by atoms with Crippen molar-refractivity contribution in [2.45, 2.75) is 12.6 Å². The Morgan fingerprint density at radius 2 is 2.00 bits per heavy atom. The molecule has 0 aromatic carbocycles. The molecule has 2 rings (SSSR count). The molecule has 1 aromatic heterocycles. The van der Waals surface area contributed by atoms with Crippen LogP contribution in [0.25, 0.3) is 0 Å². The molecule has 1 saturated heterocycles. The number of anilines is 1. The molecular formula is C9H8Cl2F3N3. The lowest BCUT2D eigenvalue weighted by molar-refractivity contribution is -0.168. The summed E-state index contributed by atoms with van der Waals surface area (Å²) < 4.78 is 37.5. The molecule has 8 heteroatoms. The molecule has 1 atom stereocenters. The molecule has 1 aliphatic rings. The van der Waals surface area contributed by atoms with Crippen LogP contribution < -0.4 is 4.90 Å². The summed E-state index contributed by atoms with van der Waals surface area (Å²) in [5, 5.41) is 7.26. The van der Waals surface area contributed by atoms with E-state index in [4.69, 9.17) is 23.2 Å². The number of hydrogen-bond acceptors (Lipinski definition) is 3. The molecule has 1 fully saturated rings. The largest absolute Gasteiger partial charge is 0.393 e. The van der Waals surface area contributed by atoms with E-state index in [0.717, 1.165) is 0 Å². The standard InChI is InChI=1S/C9H8Cl2F3N3/c10-7-3-6(8(11)16-15-7)17-2-1-5(4-17)9(12,13)14/h3,5H,1-2,4H2. The molecule has 0 spiro atoms. The number of rotatable bonds is 1. The van der Waals surface area contributed by atoms with Crippen molar-refractivity contribution in [3.63, 3.8) is 0 Å². The zero-order valence-corrected chi connectivity index (χ0v) is 10.0. The molecule has 3 nitrogen and oxygen atoms in total. The highest BCUT2D eigenvalue weighted by molar-refractivity contribution is 6.33. The molecule has 0 radical (unpaired) electrons. The Hall–Kier alpha value is -0.750. The minimum atomic E-state index is -4.18. The minimum absolute atomic E-state index is 0.0553. The average Bonchev–Trinajstić information content (AvgIpc) is 2.70. The van der Waals surface area contributed by atoms with Crippen molar-refractivity contribution in [1.82, 2.24) is 10.2 Å². The van der Waals surface area contributed by atoms with Gasteiger partial charge in [0.2, 0.25) is 0 Å². The third-order valence-electron chi connectivity index (χ3n) is 2.69. The average molecular weight is 286 g/mol. The zero-order valence-electron chi connectivity index (χ0n) is 8.51. The Kier molecular flexibility index (Phi) is 3.36. The topological polar surface area (TPSA) is 29.0 Å². The molecule has 0 aliphatic carbocycles. The van der Waals surface area contributed by atoms with Gasteiger partial charge in [0.15, 0.2) is 10.3 Å². The Balaban J connectivity index is 2.18. The highest BCUT2D eigenvalue weighted by Crippen LogP contribution is 2.37. The van der Waals surface area contributed by atoms with Crippen LogP contribution >= 0.6 is 23.2 Å². The van der Waals surface area contributed by atoms with E-state index in [1.54, 1.807) is 0 Å². The van der Waals surface area contributed by atoms with Gasteiger partial charge in [-0.2, -0.15) is 13.2 Å². The van der Waals surface area contributed by atoms with Crippen LogP contribution in [0.15, 0.2) is 6.07 Å². The summed E-state index contributed by atoms with van der Waals surface area (Å²) >= 11 is 11.4. The third kappa shape index (κ3) is 2.74. The minimum Gasteiger partial charge on any atom is -0.368 e. The van der Waals surface area contributed by atoms with Gasteiger partial charge >= 0.3 is 6.18 Å².